The second-order valence-electron chi connectivity index (χ2n) is 9.09. The Morgan fingerprint density at radius 3 is 2.26 bits per heavy atom. The summed E-state index contributed by atoms with van der Waals surface area (Å²) in [4.78, 5) is 15.6. The van der Waals surface area contributed by atoms with E-state index in [4.69, 9.17) is 10.00 Å². The molecule has 2 aromatic rings. The van der Waals surface area contributed by atoms with Gasteiger partial charge in [0.2, 0.25) is 15.9 Å². The lowest BCUT2D eigenvalue weighted by atomic mass is 9.97. The minimum absolute atomic E-state index is 0.0156. The van der Waals surface area contributed by atoms with E-state index in [1.165, 1.54) is 28.6 Å². The van der Waals surface area contributed by atoms with Crippen LogP contribution in [0.4, 0.5) is 0 Å². The van der Waals surface area contributed by atoms with E-state index in [1.807, 2.05) is 18.2 Å². The minimum Gasteiger partial charge on any atom is -0.497 e. The molecule has 2 saturated heterocycles. The quantitative estimate of drug-likeness (QED) is 0.603. The van der Waals surface area contributed by atoms with Gasteiger partial charge in [-0.2, -0.15) is 9.57 Å². The second kappa shape index (κ2) is 11.2. The number of likely N-dealkylation sites (tertiary alicyclic amines) is 1. The van der Waals surface area contributed by atoms with Crippen LogP contribution in [0.15, 0.2) is 53.4 Å². The molecule has 35 heavy (non-hydrogen) atoms. The highest BCUT2D eigenvalue weighted by Crippen LogP contribution is 2.28. The number of piperidine rings is 1. The highest BCUT2D eigenvalue weighted by atomic mass is 32.2. The lowest BCUT2D eigenvalue weighted by Gasteiger charge is -2.32. The summed E-state index contributed by atoms with van der Waals surface area (Å²) in [5.74, 6) is 0.580. The Labute approximate surface area is 207 Å². The normalized spacial score (nSPS) is 18.6. The number of rotatable bonds is 8. The van der Waals surface area contributed by atoms with Crippen LogP contribution >= 0.6 is 0 Å². The van der Waals surface area contributed by atoms with Crippen LogP contribution in [0.25, 0.3) is 0 Å². The molecule has 2 aliphatic rings. The number of benzene rings is 2. The molecule has 0 aromatic heterocycles. The number of ether oxygens (including phenoxy) is 1. The molecule has 2 aromatic carbocycles. The summed E-state index contributed by atoms with van der Waals surface area (Å²) in [5.41, 5.74) is 1.57. The molecule has 9 heteroatoms. The molecular weight excluding hydrogens is 464 g/mol. The summed E-state index contributed by atoms with van der Waals surface area (Å²) in [5, 5.41) is 12.1. The molecule has 186 valence electrons. The van der Waals surface area contributed by atoms with E-state index in [0.717, 1.165) is 37.2 Å². The Bertz CT molecular complexity index is 1150. The van der Waals surface area contributed by atoms with Crippen molar-refractivity contribution < 1.29 is 17.9 Å². The number of sulfonamides is 1. The minimum atomic E-state index is -3.64. The zero-order chi connectivity index (χ0) is 24.8. The Hall–Kier alpha value is -2.93. The topological polar surface area (TPSA) is 103 Å². The molecule has 1 N–H and O–H groups in total. The van der Waals surface area contributed by atoms with Crippen molar-refractivity contribution in [1.29, 1.82) is 5.26 Å². The molecule has 0 spiro atoms. The van der Waals surface area contributed by atoms with E-state index in [2.05, 4.69) is 22.3 Å². The fourth-order valence-electron chi connectivity index (χ4n) is 4.89. The van der Waals surface area contributed by atoms with Gasteiger partial charge in [-0.25, -0.2) is 8.42 Å². The van der Waals surface area contributed by atoms with E-state index in [0.29, 0.717) is 38.0 Å². The maximum atomic E-state index is 13.0. The maximum Gasteiger partial charge on any atom is 0.243 e. The van der Waals surface area contributed by atoms with Crippen LogP contribution in [0.3, 0.4) is 0 Å². The van der Waals surface area contributed by atoms with Gasteiger partial charge in [-0.15, -0.1) is 0 Å². The van der Waals surface area contributed by atoms with E-state index in [-0.39, 0.29) is 22.8 Å². The number of carbonyl (C=O) groups is 1. The van der Waals surface area contributed by atoms with Crippen LogP contribution in [-0.4, -0.2) is 63.4 Å². The first kappa shape index (κ1) is 25.2. The lowest BCUT2D eigenvalue weighted by Crippen LogP contribution is -2.44. The summed E-state index contributed by atoms with van der Waals surface area (Å²) in [6, 6.07) is 16.0. The predicted octanol–water partition coefficient (Wildman–Crippen LogP) is 2.92. The van der Waals surface area contributed by atoms with E-state index in [1.54, 1.807) is 7.11 Å². The van der Waals surface area contributed by atoms with Crippen molar-refractivity contribution in [3.63, 3.8) is 0 Å². The number of carbonyl (C=O) groups excluding carboxylic acids is 1. The Kier molecular flexibility index (Phi) is 8.06. The molecule has 4 rings (SSSR count). The van der Waals surface area contributed by atoms with Crippen LogP contribution < -0.4 is 10.1 Å². The fraction of sp³-hybridized carbons (Fsp3) is 0.462. The summed E-state index contributed by atoms with van der Waals surface area (Å²) >= 11 is 0. The molecule has 2 heterocycles. The number of nitrogens with one attached hydrogen (secondary N) is 1. The first-order valence-corrected chi connectivity index (χ1v) is 13.5. The molecule has 0 saturated carbocycles. The number of nitrogens with zero attached hydrogens (tertiary/aromatic N) is 3. The van der Waals surface area contributed by atoms with Crippen molar-refractivity contribution in [2.45, 2.75) is 36.6 Å². The number of nitriles is 1. The van der Waals surface area contributed by atoms with Gasteiger partial charge in [0, 0.05) is 25.6 Å². The largest absolute Gasteiger partial charge is 0.497 e. The van der Waals surface area contributed by atoms with Gasteiger partial charge >= 0.3 is 0 Å². The zero-order valence-electron chi connectivity index (χ0n) is 20.0. The van der Waals surface area contributed by atoms with E-state index >= 15 is 0 Å². The molecule has 2 fully saturated rings. The molecule has 0 unspecified atom stereocenters. The molecule has 2 aliphatic heterocycles. The van der Waals surface area contributed by atoms with Crippen molar-refractivity contribution in [1.82, 2.24) is 14.5 Å². The van der Waals surface area contributed by atoms with Gasteiger partial charge in [-0.3, -0.25) is 9.69 Å². The lowest BCUT2D eigenvalue weighted by molar-refractivity contribution is -0.126. The number of hydrogen-bond acceptors (Lipinski definition) is 6. The highest BCUT2D eigenvalue weighted by Gasteiger charge is 2.33. The van der Waals surface area contributed by atoms with Gasteiger partial charge in [0.25, 0.3) is 0 Å². The van der Waals surface area contributed by atoms with Gasteiger partial charge in [0.05, 0.1) is 29.7 Å². The molecule has 0 aliphatic carbocycles. The predicted molar refractivity (Wildman–Crippen MR) is 132 cm³/mol. The Balaban J connectivity index is 1.34. The summed E-state index contributed by atoms with van der Waals surface area (Å²) < 4.78 is 32.6. The van der Waals surface area contributed by atoms with Crippen molar-refractivity contribution in [2.75, 3.05) is 39.8 Å². The van der Waals surface area contributed by atoms with E-state index in [9.17, 15) is 13.2 Å². The van der Waals surface area contributed by atoms with Crippen LogP contribution in [0, 0.1) is 17.2 Å². The van der Waals surface area contributed by atoms with Gasteiger partial charge < -0.3 is 10.1 Å². The van der Waals surface area contributed by atoms with Crippen LogP contribution in [-0.2, 0) is 14.8 Å². The summed E-state index contributed by atoms with van der Waals surface area (Å²) in [7, 11) is -1.99. The van der Waals surface area contributed by atoms with Gasteiger partial charge in [-0.1, -0.05) is 12.1 Å². The van der Waals surface area contributed by atoms with Crippen LogP contribution in [0.2, 0.25) is 0 Å². The Morgan fingerprint density at radius 1 is 1.06 bits per heavy atom. The zero-order valence-corrected chi connectivity index (χ0v) is 20.8. The monoisotopic (exact) mass is 496 g/mol. The third kappa shape index (κ3) is 5.84. The van der Waals surface area contributed by atoms with Crippen LogP contribution in [0.5, 0.6) is 5.75 Å². The molecule has 0 radical (unpaired) electrons. The third-order valence-electron chi connectivity index (χ3n) is 7.00. The first-order valence-electron chi connectivity index (χ1n) is 12.1. The average Bonchev–Trinajstić information content (AvgIpc) is 3.44. The van der Waals surface area contributed by atoms with Gasteiger partial charge in [0.15, 0.2) is 0 Å². The van der Waals surface area contributed by atoms with Crippen molar-refractivity contribution in [2.24, 2.45) is 5.92 Å². The van der Waals surface area contributed by atoms with Gasteiger partial charge in [-0.05, 0) is 80.7 Å². The van der Waals surface area contributed by atoms with Gasteiger partial charge in [0.1, 0.15) is 5.75 Å². The standard InChI is InChI=1S/C26H32N4O4S/c1-34-23-8-6-21(7-9-23)25(29-14-2-3-15-29)19-28-26(31)22-12-16-30(17-13-22)35(32,33)24-10-4-20(18-27)5-11-24/h4-11,22,25H,2-3,12-17,19H2,1H3,(H,28,31)/t25-/m0/s1. The smallest absolute Gasteiger partial charge is 0.243 e. The number of amides is 1. The van der Waals surface area contributed by atoms with Crippen molar-refractivity contribution in [3.8, 4) is 11.8 Å². The van der Waals surface area contributed by atoms with E-state index < -0.39 is 10.0 Å². The summed E-state index contributed by atoms with van der Waals surface area (Å²) in [6.07, 6.45) is 3.29. The average molecular weight is 497 g/mol. The van der Waals surface area contributed by atoms with Crippen molar-refractivity contribution in [3.05, 3.63) is 59.7 Å². The number of hydrogen-bond donors (Lipinski definition) is 1. The SMILES string of the molecule is COc1ccc([C@H](CNC(=O)C2CCN(S(=O)(=O)c3ccc(C#N)cc3)CC2)N2CCCC2)cc1. The third-order valence-corrected chi connectivity index (χ3v) is 8.91. The van der Waals surface area contributed by atoms with Crippen LogP contribution in [0.1, 0.15) is 42.9 Å². The molecule has 1 atom stereocenters. The Morgan fingerprint density at radius 2 is 1.69 bits per heavy atom. The molecular formula is C26H32N4O4S. The maximum absolute atomic E-state index is 13.0. The molecule has 8 nitrogen and oxygen atoms in total. The number of methoxy groups -OCH3 is 1. The fourth-order valence-corrected chi connectivity index (χ4v) is 6.36. The first-order chi connectivity index (χ1) is 16.9. The second-order valence-corrected chi connectivity index (χ2v) is 11.0. The highest BCUT2D eigenvalue weighted by molar-refractivity contribution is 7.89. The molecule has 0 bridgehead atoms. The molecule has 1 amide bonds. The van der Waals surface area contributed by atoms with Crippen molar-refractivity contribution >= 4 is 15.9 Å². The summed E-state index contributed by atoms with van der Waals surface area (Å²) in [6.45, 7) is 3.15.